The molecule has 0 aliphatic rings. The minimum atomic E-state index is -4.44. The molecule has 128 valence electrons. The standard InChI is InChI=1S/C14H13ClF3N5O/c15-11-5-12(23-13(19)22-11)21-7-10(24)6-20-9-3-1-2-8(4-9)14(16,17)18/h1-5,20H,6-7H2,(H3,19,21,22,23). The highest BCUT2D eigenvalue weighted by molar-refractivity contribution is 6.29. The molecule has 2 aromatic rings. The van der Waals surface area contributed by atoms with E-state index in [1.165, 1.54) is 18.2 Å². The second-order valence-corrected chi connectivity index (χ2v) is 5.15. The number of anilines is 3. The van der Waals surface area contributed by atoms with Gasteiger partial charge in [0.1, 0.15) is 11.0 Å². The molecule has 2 rings (SSSR count). The molecule has 1 aromatic heterocycles. The normalized spacial score (nSPS) is 11.2. The summed E-state index contributed by atoms with van der Waals surface area (Å²) < 4.78 is 37.8. The average molecular weight is 360 g/mol. The number of carbonyl (C=O) groups is 1. The van der Waals surface area contributed by atoms with E-state index < -0.39 is 11.7 Å². The molecule has 6 nitrogen and oxygen atoms in total. The molecule has 24 heavy (non-hydrogen) atoms. The first kappa shape index (κ1) is 17.8. The molecule has 0 spiro atoms. The van der Waals surface area contributed by atoms with Crippen molar-refractivity contribution in [3.05, 3.63) is 41.0 Å². The van der Waals surface area contributed by atoms with Gasteiger partial charge in [-0.2, -0.15) is 18.2 Å². The Labute approximate surface area is 140 Å². The molecule has 0 bridgehead atoms. The lowest BCUT2D eigenvalue weighted by Crippen LogP contribution is -2.22. The number of hydrogen-bond donors (Lipinski definition) is 3. The molecule has 0 saturated carbocycles. The van der Waals surface area contributed by atoms with Gasteiger partial charge in [-0.3, -0.25) is 4.79 Å². The van der Waals surface area contributed by atoms with Crippen molar-refractivity contribution < 1.29 is 18.0 Å². The monoisotopic (exact) mass is 359 g/mol. The third kappa shape index (κ3) is 5.27. The number of halogens is 4. The lowest BCUT2D eigenvalue weighted by Gasteiger charge is -2.10. The van der Waals surface area contributed by atoms with Crippen LogP contribution in [-0.4, -0.2) is 28.8 Å². The number of carbonyl (C=O) groups excluding carboxylic acids is 1. The van der Waals surface area contributed by atoms with Crippen LogP contribution < -0.4 is 16.4 Å². The highest BCUT2D eigenvalue weighted by Crippen LogP contribution is 2.30. The Bertz CT molecular complexity index is 718. The Kier molecular flexibility index (Phi) is 5.45. The number of Topliss-reactive ketones (excluding diaryl/α,β-unsaturated/α-hetero) is 1. The van der Waals surface area contributed by atoms with Crippen molar-refractivity contribution in [1.29, 1.82) is 0 Å². The van der Waals surface area contributed by atoms with Crippen LogP contribution in [0.1, 0.15) is 5.56 Å². The first-order valence-corrected chi connectivity index (χ1v) is 7.08. The number of ketones is 1. The highest BCUT2D eigenvalue weighted by atomic mass is 35.5. The number of benzene rings is 1. The first-order chi connectivity index (χ1) is 11.2. The maximum absolute atomic E-state index is 12.6. The van der Waals surface area contributed by atoms with Gasteiger partial charge in [0.25, 0.3) is 0 Å². The molecule has 0 fully saturated rings. The van der Waals surface area contributed by atoms with Gasteiger partial charge in [0.15, 0.2) is 5.78 Å². The molecule has 0 aliphatic carbocycles. The molecule has 10 heteroatoms. The summed E-state index contributed by atoms with van der Waals surface area (Å²) in [5.41, 5.74) is 4.83. The van der Waals surface area contributed by atoms with Crippen LogP contribution in [0.3, 0.4) is 0 Å². The van der Waals surface area contributed by atoms with Crippen LogP contribution in [0, 0.1) is 0 Å². The molecule has 0 unspecified atom stereocenters. The third-order valence-corrected chi connectivity index (χ3v) is 3.05. The van der Waals surface area contributed by atoms with Crippen LogP contribution in [0.15, 0.2) is 30.3 Å². The molecular formula is C14H13ClF3N5O. The minimum Gasteiger partial charge on any atom is -0.378 e. The SMILES string of the molecule is Nc1nc(Cl)cc(NCC(=O)CNc2cccc(C(F)(F)F)c2)n1. The minimum absolute atomic E-state index is 0.0421. The van der Waals surface area contributed by atoms with E-state index in [0.29, 0.717) is 0 Å². The van der Waals surface area contributed by atoms with Crippen LogP contribution >= 0.6 is 11.6 Å². The quantitative estimate of drug-likeness (QED) is 0.687. The van der Waals surface area contributed by atoms with Gasteiger partial charge in [-0.15, -0.1) is 0 Å². The zero-order valence-electron chi connectivity index (χ0n) is 12.2. The fourth-order valence-corrected chi connectivity index (χ4v) is 1.97. The lowest BCUT2D eigenvalue weighted by molar-refractivity contribution is -0.137. The molecular weight excluding hydrogens is 347 g/mol. The van der Waals surface area contributed by atoms with Crippen LogP contribution in [0.5, 0.6) is 0 Å². The van der Waals surface area contributed by atoms with Crippen molar-refractivity contribution in [3.8, 4) is 0 Å². The molecule has 0 atom stereocenters. The van der Waals surface area contributed by atoms with Crippen LogP contribution in [-0.2, 0) is 11.0 Å². The van der Waals surface area contributed by atoms with Gasteiger partial charge in [-0.05, 0) is 18.2 Å². The predicted octanol–water partition coefficient (Wildman–Crippen LogP) is 2.82. The van der Waals surface area contributed by atoms with Gasteiger partial charge in [0.05, 0.1) is 18.7 Å². The summed E-state index contributed by atoms with van der Waals surface area (Å²) in [7, 11) is 0. The van der Waals surface area contributed by atoms with E-state index >= 15 is 0 Å². The average Bonchev–Trinajstić information content (AvgIpc) is 2.49. The Hall–Kier alpha value is -2.55. The number of nitrogen functional groups attached to an aromatic ring is 1. The summed E-state index contributed by atoms with van der Waals surface area (Å²) in [6.45, 7) is -0.249. The number of nitrogens with two attached hydrogens (primary N) is 1. The Balaban J connectivity index is 1.87. The van der Waals surface area contributed by atoms with Crippen molar-refractivity contribution >= 4 is 34.8 Å². The molecule has 0 radical (unpaired) electrons. The Morgan fingerprint density at radius 3 is 2.54 bits per heavy atom. The Morgan fingerprint density at radius 2 is 1.88 bits per heavy atom. The van der Waals surface area contributed by atoms with Crippen molar-refractivity contribution in [1.82, 2.24) is 9.97 Å². The van der Waals surface area contributed by atoms with Gasteiger partial charge in [-0.25, -0.2) is 4.98 Å². The largest absolute Gasteiger partial charge is 0.416 e. The van der Waals surface area contributed by atoms with Gasteiger partial charge in [0, 0.05) is 11.8 Å². The molecule has 1 aromatic carbocycles. The van der Waals surface area contributed by atoms with E-state index in [-0.39, 0.29) is 41.5 Å². The van der Waals surface area contributed by atoms with Crippen molar-refractivity contribution in [2.45, 2.75) is 6.18 Å². The second-order valence-electron chi connectivity index (χ2n) is 4.76. The van der Waals surface area contributed by atoms with Crippen molar-refractivity contribution in [2.24, 2.45) is 0 Å². The van der Waals surface area contributed by atoms with Gasteiger partial charge in [-0.1, -0.05) is 17.7 Å². The van der Waals surface area contributed by atoms with Gasteiger partial charge < -0.3 is 16.4 Å². The van der Waals surface area contributed by atoms with E-state index in [1.54, 1.807) is 0 Å². The van der Waals surface area contributed by atoms with Gasteiger partial charge >= 0.3 is 6.18 Å². The summed E-state index contributed by atoms with van der Waals surface area (Å²) in [6.07, 6.45) is -4.44. The number of alkyl halides is 3. The van der Waals surface area contributed by atoms with E-state index in [9.17, 15) is 18.0 Å². The molecule has 4 N–H and O–H groups in total. The Morgan fingerprint density at radius 1 is 1.17 bits per heavy atom. The zero-order valence-corrected chi connectivity index (χ0v) is 12.9. The molecule has 1 heterocycles. The molecule has 0 saturated heterocycles. The summed E-state index contributed by atoms with van der Waals surface area (Å²) >= 11 is 5.70. The van der Waals surface area contributed by atoms with E-state index in [0.717, 1.165) is 12.1 Å². The van der Waals surface area contributed by atoms with E-state index in [4.69, 9.17) is 17.3 Å². The summed E-state index contributed by atoms with van der Waals surface area (Å²) in [5, 5.41) is 5.48. The second kappa shape index (κ2) is 7.35. The van der Waals surface area contributed by atoms with Crippen LogP contribution in [0.2, 0.25) is 5.15 Å². The topological polar surface area (TPSA) is 92.9 Å². The van der Waals surface area contributed by atoms with E-state index in [2.05, 4.69) is 20.6 Å². The summed E-state index contributed by atoms with van der Waals surface area (Å²) in [5.74, 6) is -0.0554. The van der Waals surface area contributed by atoms with Crippen LogP contribution in [0.25, 0.3) is 0 Å². The fourth-order valence-electron chi connectivity index (χ4n) is 1.78. The molecule has 0 amide bonds. The first-order valence-electron chi connectivity index (χ1n) is 6.71. The third-order valence-electron chi connectivity index (χ3n) is 2.86. The maximum atomic E-state index is 12.6. The number of nitrogens with zero attached hydrogens (tertiary/aromatic N) is 2. The summed E-state index contributed by atoms with van der Waals surface area (Å²) in [4.78, 5) is 19.3. The number of aromatic nitrogens is 2. The maximum Gasteiger partial charge on any atom is 0.416 e. The number of nitrogens with one attached hydrogen (secondary N) is 2. The number of hydrogen-bond acceptors (Lipinski definition) is 6. The van der Waals surface area contributed by atoms with Crippen molar-refractivity contribution in [2.75, 3.05) is 29.5 Å². The number of rotatable bonds is 6. The fraction of sp³-hybridized carbons (Fsp3) is 0.214. The highest BCUT2D eigenvalue weighted by Gasteiger charge is 2.30. The summed E-state index contributed by atoms with van der Waals surface area (Å²) in [6, 6.07) is 6.00. The predicted molar refractivity (Wildman–Crippen MR) is 84.9 cm³/mol. The van der Waals surface area contributed by atoms with Gasteiger partial charge in [0.2, 0.25) is 5.95 Å². The van der Waals surface area contributed by atoms with Crippen molar-refractivity contribution in [3.63, 3.8) is 0 Å². The van der Waals surface area contributed by atoms with E-state index in [1.807, 2.05) is 0 Å². The van der Waals surface area contributed by atoms with Crippen LogP contribution in [0.4, 0.5) is 30.6 Å². The zero-order chi connectivity index (χ0) is 17.7. The lowest BCUT2D eigenvalue weighted by atomic mass is 10.2. The molecule has 0 aliphatic heterocycles. The smallest absolute Gasteiger partial charge is 0.378 e.